The van der Waals surface area contributed by atoms with Crippen LogP contribution in [0.3, 0.4) is 0 Å². The highest BCUT2D eigenvalue weighted by Gasteiger charge is 2.31. The first-order chi connectivity index (χ1) is 10.1. The average Bonchev–Trinajstić information content (AvgIpc) is 3.06. The molecule has 1 aromatic heterocycles. The number of thiocarbonyl (C=S) groups is 1. The van der Waals surface area contributed by atoms with E-state index in [1.807, 2.05) is 43.3 Å². The number of rotatable bonds is 3. The van der Waals surface area contributed by atoms with Crippen LogP contribution in [0.4, 0.5) is 0 Å². The van der Waals surface area contributed by atoms with Crippen molar-refractivity contribution in [3.8, 4) is 0 Å². The summed E-state index contributed by atoms with van der Waals surface area (Å²) in [5, 5.41) is 3.37. The van der Waals surface area contributed by atoms with Crippen LogP contribution >= 0.6 is 12.2 Å². The van der Waals surface area contributed by atoms with Gasteiger partial charge < -0.3 is 9.73 Å². The Labute approximate surface area is 128 Å². The van der Waals surface area contributed by atoms with Gasteiger partial charge in [0.1, 0.15) is 11.5 Å². The molecule has 4 nitrogen and oxygen atoms in total. The molecule has 0 spiro atoms. The van der Waals surface area contributed by atoms with Gasteiger partial charge in [0.25, 0.3) is 5.91 Å². The highest BCUT2D eigenvalue weighted by Crippen LogP contribution is 2.18. The number of carbonyl (C=O) groups excluding carboxylic acids is 1. The Morgan fingerprint density at radius 2 is 2.10 bits per heavy atom. The Morgan fingerprint density at radius 1 is 1.29 bits per heavy atom. The third-order valence-electron chi connectivity index (χ3n) is 3.34. The number of nitrogens with one attached hydrogen (secondary N) is 1. The topological polar surface area (TPSA) is 45.5 Å². The first-order valence-electron chi connectivity index (χ1n) is 6.58. The Kier molecular flexibility index (Phi) is 3.58. The van der Waals surface area contributed by atoms with Gasteiger partial charge in [0.15, 0.2) is 5.11 Å². The summed E-state index contributed by atoms with van der Waals surface area (Å²) in [5.74, 6) is 0.560. The van der Waals surface area contributed by atoms with Crippen LogP contribution < -0.4 is 5.32 Å². The Hall–Kier alpha value is -2.40. The maximum Gasteiger partial charge on any atom is 0.276 e. The van der Waals surface area contributed by atoms with Crippen molar-refractivity contribution in [3.63, 3.8) is 0 Å². The van der Waals surface area contributed by atoms with E-state index in [4.69, 9.17) is 16.6 Å². The summed E-state index contributed by atoms with van der Waals surface area (Å²) in [7, 11) is 0. The second-order valence-corrected chi connectivity index (χ2v) is 5.20. The van der Waals surface area contributed by atoms with Gasteiger partial charge in [-0.1, -0.05) is 24.3 Å². The van der Waals surface area contributed by atoms with Crippen LogP contribution in [-0.4, -0.2) is 15.9 Å². The molecule has 1 aliphatic heterocycles. The number of benzene rings is 1. The van der Waals surface area contributed by atoms with Crippen LogP contribution in [0.25, 0.3) is 6.08 Å². The van der Waals surface area contributed by atoms with Gasteiger partial charge in [-0.2, -0.15) is 0 Å². The molecule has 0 radical (unpaired) electrons. The molecule has 0 saturated carbocycles. The maximum absolute atomic E-state index is 12.4. The van der Waals surface area contributed by atoms with Gasteiger partial charge in [0.05, 0.1) is 12.8 Å². The Balaban J connectivity index is 1.85. The van der Waals surface area contributed by atoms with Crippen LogP contribution in [0.1, 0.15) is 16.9 Å². The van der Waals surface area contributed by atoms with Gasteiger partial charge in [-0.3, -0.25) is 9.69 Å². The van der Waals surface area contributed by atoms with E-state index in [9.17, 15) is 4.79 Å². The number of hydrogen-bond acceptors (Lipinski definition) is 3. The molecular formula is C16H14N2O2S. The van der Waals surface area contributed by atoms with E-state index in [0.717, 1.165) is 11.1 Å². The first-order valence-corrected chi connectivity index (χ1v) is 6.98. The number of carbonyl (C=O) groups is 1. The number of hydrogen-bond donors (Lipinski definition) is 1. The van der Waals surface area contributed by atoms with Gasteiger partial charge in [-0.25, -0.2) is 0 Å². The van der Waals surface area contributed by atoms with E-state index in [-0.39, 0.29) is 5.91 Å². The summed E-state index contributed by atoms with van der Waals surface area (Å²) in [5.41, 5.74) is 2.59. The van der Waals surface area contributed by atoms with Gasteiger partial charge in [0, 0.05) is 0 Å². The molecule has 2 aromatic rings. The average molecular weight is 298 g/mol. The highest BCUT2D eigenvalue weighted by molar-refractivity contribution is 7.80. The fourth-order valence-electron chi connectivity index (χ4n) is 2.18. The van der Waals surface area contributed by atoms with Crippen molar-refractivity contribution < 1.29 is 9.21 Å². The molecule has 21 heavy (non-hydrogen) atoms. The molecule has 3 rings (SSSR count). The molecule has 1 aromatic carbocycles. The molecule has 0 unspecified atom stereocenters. The lowest BCUT2D eigenvalue weighted by molar-refractivity contribution is -0.122. The minimum atomic E-state index is -0.139. The van der Waals surface area contributed by atoms with Crippen molar-refractivity contribution >= 4 is 29.3 Å². The quantitative estimate of drug-likeness (QED) is 0.699. The fourth-order valence-corrected chi connectivity index (χ4v) is 2.44. The molecule has 1 aliphatic rings. The van der Waals surface area contributed by atoms with E-state index in [1.54, 1.807) is 12.3 Å². The summed E-state index contributed by atoms with van der Waals surface area (Å²) < 4.78 is 5.26. The van der Waals surface area contributed by atoms with E-state index >= 15 is 0 Å². The smallest absolute Gasteiger partial charge is 0.276 e. The molecule has 0 aliphatic carbocycles. The summed E-state index contributed by atoms with van der Waals surface area (Å²) in [6, 6.07) is 11.5. The standard InChI is InChI=1S/C16H14N2O2S/c1-11-5-2-3-6-12(11)9-14-15(19)18(16(21)17-14)10-13-7-4-8-20-13/h2-9H,10H2,1H3,(H,17,21). The number of furan rings is 1. The van der Waals surface area contributed by atoms with Crippen molar-refractivity contribution in [1.29, 1.82) is 0 Å². The molecule has 5 heteroatoms. The molecular weight excluding hydrogens is 284 g/mol. The molecule has 1 fully saturated rings. The summed E-state index contributed by atoms with van der Waals surface area (Å²) >= 11 is 5.23. The normalized spacial score (nSPS) is 16.6. The van der Waals surface area contributed by atoms with Gasteiger partial charge in [0.2, 0.25) is 0 Å². The summed E-state index contributed by atoms with van der Waals surface area (Å²) in [6.07, 6.45) is 3.41. The summed E-state index contributed by atoms with van der Waals surface area (Å²) in [4.78, 5) is 13.9. The van der Waals surface area contributed by atoms with Gasteiger partial charge in [-0.15, -0.1) is 0 Å². The maximum atomic E-state index is 12.4. The zero-order valence-corrected chi connectivity index (χ0v) is 12.3. The zero-order chi connectivity index (χ0) is 14.8. The predicted octanol–water partition coefficient (Wildman–Crippen LogP) is 2.85. The van der Waals surface area contributed by atoms with Crippen LogP contribution in [0.2, 0.25) is 0 Å². The lowest BCUT2D eigenvalue weighted by atomic mass is 10.1. The molecule has 2 heterocycles. The SMILES string of the molecule is Cc1ccccc1C=C1NC(=S)N(Cc2ccco2)C1=O. The largest absolute Gasteiger partial charge is 0.467 e. The van der Waals surface area contributed by atoms with Crippen molar-refractivity contribution in [2.75, 3.05) is 0 Å². The van der Waals surface area contributed by atoms with Crippen molar-refractivity contribution in [3.05, 3.63) is 65.2 Å². The van der Waals surface area contributed by atoms with E-state index in [0.29, 0.717) is 23.1 Å². The lowest BCUT2D eigenvalue weighted by Gasteiger charge is -2.11. The van der Waals surface area contributed by atoms with Gasteiger partial charge >= 0.3 is 0 Å². The van der Waals surface area contributed by atoms with E-state index < -0.39 is 0 Å². The van der Waals surface area contributed by atoms with Crippen molar-refractivity contribution in [2.45, 2.75) is 13.5 Å². The molecule has 1 amide bonds. The summed E-state index contributed by atoms with van der Waals surface area (Å²) in [6.45, 7) is 2.34. The molecule has 1 saturated heterocycles. The van der Waals surface area contributed by atoms with Gasteiger partial charge in [-0.05, 0) is 48.5 Å². The molecule has 106 valence electrons. The van der Waals surface area contributed by atoms with E-state index in [2.05, 4.69) is 5.32 Å². The van der Waals surface area contributed by atoms with Crippen LogP contribution in [0, 0.1) is 6.92 Å². The fraction of sp³-hybridized carbons (Fsp3) is 0.125. The lowest BCUT2D eigenvalue weighted by Crippen LogP contribution is -2.29. The van der Waals surface area contributed by atoms with Crippen molar-refractivity contribution in [2.24, 2.45) is 0 Å². The third kappa shape index (κ3) is 2.73. The predicted molar refractivity (Wildman–Crippen MR) is 84.1 cm³/mol. The molecule has 1 N–H and O–H groups in total. The highest BCUT2D eigenvalue weighted by atomic mass is 32.1. The van der Waals surface area contributed by atoms with Crippen LogP contribution in [0.15, 0.2) is 52.8 Å². The molecule has 0 bridgehead atoms. The monoisotopic (exact) mass is 298 g/mol. The second kappa shape index (κ2) is 5.54. The van der Waals surface area contributed by atoms with Crippen molar-refractivity contribution in [1.82, 2.24) is 10.2 Å². The first kappa shape index (κ1) is 13.6. The third-order valence-corrected chi connectivity index (χ3v) is 3.67. The van der Waals surface area contributed by atoms with E-state index in [1.165, 1.54) is 4.90 Å². The zero-order valence-electron chi connectivity index (χ0n) is 11.5. The van der Waals surface area contributed by atoms with Crippen LogP contribution in [0.5, 0.6) is 0 Å². The number of amides is 1. The Bertz CT molecular complexity index is 720. The Morgan fingerprint density at radius 3 is 2.81 bits per heavy atom. The number of nitrogens with zero attached hydrogens (tertiary/aromatic N) is 1. The molecule has 0 atom stereocenters. The van der Waals surface area contributed by atoms with Crippen LogP contribution in [-0.2, 0) is 11.3 Å². The second-order valence-electron chi connectivity index (χ2n) is 4.82. The minimum Gasteiger partial charge on any atom is -0.467 e. The number of aryl methyl sites for hydroxylation is 1. The minimum absolute atomic E-state index is 0.139.